The van der Waals surface area contributed by atoms with E-state index >= 15 is 0 Å². The van der Waals surface area contributed by atoms with Crippen LogP contribution in [0.2, 0.25) is 0 Å². The average Bonchev–Trinajstić information content (AvgIpc) is 2.62. The normalized spacial score (nSPS) is 10.4. The Labute approximate surface area is 150 Å². The molecule has 0 N–H and O–H groups in total. The quantitative estimate of drug-likeness (QED) is 0.637. The van der Waals surface area contributed by atoms with Gasteiger partial charge in [-0.2, -0.15) is 0 Å². The summed E-state index contributed by atoms with van der Waals surface area (Å²) in [7, 11) is 0. The maximum Gasteiger partial charge on any atom is 0.260 e. The number of rotatable bonds is 4. The second kappa shape index (κ2) is 7.41. The Morgan fingerprint density at radius 3 is 2.38 bits per heavy atom. The van der Waals surface area contributed by atoms with Crippen molar-refractivity contribution in [1.29, 1.82) is 0 Å². The molecule has 24 heavy (non-hydrogen) atoms. The molecule has 0 saturated heterocycles. The van der Waals surface area contributed by atoms with Crippen LogP contribution in [0.1, 0.15) is 21.5 Å². The summed E-state index contributed by atoms with van der Waals surface area (Å²) in [6.45, 7) is 2.52. The third-order valence-corrected chi connectivity index (χ3v) is 4.43. The second-order valence-electron chi connectivity index (χ2n) is 5.54. The van der Waals surface area contributed by atoms with Gasteiger partial charge in [-0.1, -0.05) is 48.0 Å². The summed E-state index contributed by atoms with van der Waals surface area (Å²) in [5, 5.41) is 0. The minimum atomic E-state index is -0.0817. The highest BCUT2D eigenvalue weighted by Gasteiger charge is 2.20. The predicted molar refractivity (Wildman–Crippen MR) is 100 cm³/mol. The first-order valence-electron chi connectivity index (χ1n) is 7.68. The summed E-state index contributed by atoms with van der Waals surface area (Å²) < 4.78 is 0.778. The molecule has 1 heterocycles. The van der Waals surface area contributed by atoms with Crippen molar-refractivity contribution >= 4 is 27.7 Å². The van der Waals surface area contributed by atoms with Gasteiger partial charge in [-0.25, -0.2) is 4.98 Å². The zero-order valence-corrected chi connectivity index (χ0v) is 14.9. The van der Waals surface area contributed by atoms with Crippen LogP contribution >= 0.6 is 15.9 Å². The number of aromatic nitrogens is 1. The van der Waals surface area contributed by atoms with Gasteiger partial charge < -0.3 is 0 Å². The van der Waals surface area contributed by atoms with E-state index in [4.69, 9.17) is 0 Å². The van der Waals surface area contributed by atoms with Crippen LogP contribution < -0.4 is 4.90 Å². The molecule has 0 atom stereocenters. The first-order valence-corrected chi connectivity index (χ1v) is 8.47. The molecule has 0 aliphatic carbocycles. The summed E-state index contributed by atoms with van der Waals surface area (Å²) in [6, 6.07) is 21.2. The van der Waals surface area contributed by atoms with Crippen molar-refractivity contribution in [1.82, 2.24) is 4.98 Å². The summed E-state index contributed by atoms with van der Waals surface area (Å²) in [5.41, 5.74) is 2.88. The van der Waals surface area contributed by atoms with Crippen LogP contribution in [0, 0.1) is 6.92 Å². The number of hydrogen-bond acceptors (Lipinski definition) is 2. The number of benzene rings is 2. The second-order valence-corrected chi connectivity index (χ2v) is 6.40. The summed E-state index contributed by atoms with van der Waals surface area (Å²) in [4.78, 5) is 19.2. The zero-order chi connectivity index (χ0) is 16.9. The topological polar surface area (TPSA) is 33.2 Å². The van der Waals surface area contributed by atoms with E-state index in [1.165, 1.54) is 5.56 Å². The fourth-order valence-electron chi connectivity index (χ4n) is 2.43. The smallest absolute Gasteiger partial charge is 0.260 e. The molecule has 3 nitrogen and oxygen atoms in total. The standard InChI is InChI=1S/C20H17BrN2O/c1-15-9-11-16(12-10-15)14-23(19-8-4-5-13-22-19)20(24)17-6-2-3-7-18(17)21/h2-13H,14H2,1H3. The van der Waals surface area contributed by atoms with Gasteiger partial charge in [0.05, 0.1) is 12.1 Å². The third kappa shape index (κ3) is 3.71. The van der Waals surface area contributed by atoms with Crippen molar-refractivity contribution in [3.05, 3.63) is 94.1 Å². The summed E-state index contributed by atoms with van der Waals surface area (Å²) in [6.07, 6.45) is 1.70. The van der Waals surface area contributed by atoms with Crippen LogP contribution in [0.15, 0.2) is 77.4 Å². The van der Waals surface area contributed by atoms with Crippen molar-refractivity contribution in [2.75, 3.05) is 4.90 Å². The Bertz CT molecular complexity index is 832. The minimum absolute atomic E-state index is 0.0817. The lowest BCUT2D eigenvalue weighted by Crippen LogP contribution is -2.31. The maximum atomic E-state index is 13.1. The number of carbonyl (C=O) groups is 1. The molecule has 4 heteroatoms. The van der Waals surface area contributed by atoms with Crippen LogP contribution in [0.3, 0.4) is 0 Å². The molecule has 0 spiro atoms. The van der Waals surface area contributed by atoms with Gasteiger partial charge in [0.2, 0.25) is 0 Å². The summed E-state index contributed by atoms with van der Waals surface area (Å²) >= 11 is 3.46. The van der Waals surface area contributed by atoms with Gasteiger partial charge in [-0.15, -0.1) is 0 Å². The van der Waals surface area contributed by atoms with Crippen LogP contribution in [0.25, 0.3) is 0 Å². The molecule has 2 aromatic carbocycles. The molecule has 0 unspecified atom stereocenters. The van der Waals surface area contributed by atoms with Crippen LogP contribution in [-0.2, 0) is 6.54 Å². The monoisotopic (exact) mass is 380 g/mol. The van der Waals surface area contributed by atoms with Crippen molar-refractivity contribution in [2.24, 2.45) is 0 Å². The highest BCUT2D eigenvalue weighted by Crippen LogP contribution is 2.22. The first kappa shape index (κ1) is 16.4. The van der Waals surface area contributed by atoms with Gasteiger partial charge in [0.15, 0.2) is 0 Å². The molecule has 3 rings (SSSR count). The van der Waals surface area contributed by atoms with Gasteiger partial charge in [0.25, 0.3) is 5.91 Å². The molecule has 120 valence electrons. The highest BCUT2D eigenvalue weighted by atomic mass is 79.9. The van der Waals surface area contributed by atoms with Crippen molar-refractivity contribution < 1.29 is 4.79 Å². The number of aryl methyl sites for hydroxylation is 1. The maximum absolute atomic E-state index is 13.1. The fraction of sp³-hybridized carbons (Fsp3) is 0.100. The van der Waals surface area contributed by atoms with Gasteiger partial charge in [0, 0.05) is 10.7 Å². The number of anilines is 1. The lowest BCUT2D eigenvalue weighted by atomic mass is 10.1. The van der Waals surface area contributed by atoms with Gasteiger partial charge in [-0.3, -0.25) is 9.69 Å². The van der Waals surface area contributed by atoms with Crippen LogP contribution in [0.5, 0.6) is 0 Å². The number of amides is 1. The SMILES string of the molecule is Cc1ccc(CN(C(=O)c2ccccc2Br)c2ccccn2)cc1. The van der Waals surface area contributed by atoms with Crippen LogP contribution in [0.4, 0.5) is 5.82 Å². The lowest BCUT2D eigenvalue weighted by molar-refractivity contribution is 0.0983. The summed E-state index contributed by atoms with van der Waals surface area (Å²) in [5.74, 6) is 0.556. The minimum Gasteiger partial charge on any atom is -0.288 e. The van der Waals surface area contributed by atoms with Crippen molar-refractivity contribution in [3.8, 4) is 0 Å². The Balaban J connectivity index is 1.98. The molecule has 0 fully saturated rings. The van der Waals surface area contributed by atoms with E-state index in [-0.39, 0.29) is 5.91 Å². The van der Waals surface area contributed by atoms with E-state index in [2.05, 4.69) is 33.0 Å². The Hall–Kier alpha value is -2.46. The molecule has 0 saturated carbocycles. The van der Waals surface area contributed by atoms with E-state index in [0.29, 0.717) is 17.9 Å². The van der Waals surface area contributed by atoms with Crippen molar-refractivity contribution in [3.63, 3.8) is 0 Å². The number of carbonyl (C=O) groups excluding carboxylic acids is 1. The predicted octanol–water partition coefficient (Wildman–Crippen LogP) is 5.00. The average molecular weight is 381 g/mol. The van der Waals surface area contributed by atoms with Gasteiger partial charge in [0.1, 0.15) is 5.82 Å². The molecular weight excluding hydrogens is 364 g/mol. The van der Waals surface area contributed by atoms with Crippen LogP contribution in [-0.4, -0.2) is 10.9 Å². The van der Waals surface area contributed by atoms with E-state index in [9.17, 15) is 4.79 Å². The Kier molecular flexibility index (Phi) is 5.06. The van der Waals surface area contributed by atoms with Crippen molar-refractivity contribution in [2.45, 2.75) is 13.5 Å². The third-order valence-electron chi connectivity index (χ3n) is 3.74. The molecule has 0 aliphatic rings. The fourth-order valence-corrected chi connectivity index (χ4v) is 2.88. The molecule has 3 aromatic rings. The molecule has 0 radical (unpaired) electrons. The number of hydrogen-bond donors (Lipinski definition) is 0. The highest BCUT2D eigenvalue weighted by molar-refractivity contribution is 9.10. The Morgan fingerprint density at radius 1 is 1.00 bits per heavy atom. The van der Waals surface area contributed by atoms with Gasteiger partial charge in [-0.05, 0) is 52.7 Å². The zero-order valence-electron chi connectivity index (χ0n) is 13.3. The van der Waals surface area contributed by atoms with E-state index in [1.807, 2.05) is 61.5 Å². The molecule has 1 aromatic heterocycles. The van der Waals surface area contributed by atoms with E-state index < -0.39 is 0 Å². The number of halogens is 1. The van der Waals surface area contributed by atoms with E-state index in [1.54, 1.807) is 11.1 Å². The Morgan fingerprint density at radius 2 is 1.71 bits per heavy atom. The largest absolute Gasteiger partial charge is 0.288 e. The molecule has 0 aliphatic heterocycles. The molecule has 1 amide bonds. The van der Waals surface area contributed by atoms with Gasteiger partial charge >= 0.3 is 0 Å². The number of pyridine rings is 1. The molecular formula is C20H17BrN2O. The lowest BCUT2D eigenvalue weighted by Gasteiger charge is -2.22. The first-order chi connectivity index (χ1) is 11.6. The number of nitrogens with zero attached hydrogens (tertiary/aromatic N) is 2. The van der Waals surface area contributed by atoms with E-state index in [0.717, 1.165) is 10.0 Å². The molecule has 0 bridgehead atoms.